The number of anilines is 1. The lowest BCUT2D eigenvalue weighted by Gasteiger charge is -2.38. The Morgan fingerprint density at radius 2 is 1.88 bits per heavy atom. The fourth-order valence-electron chi connectivity index (χ4n) is 7.22. The molecule has 2 saturated heterocycles. The number of halogens is 1. The van der Waals surface area contributed by atoms with Crippen molar-refractivity contribution in [3.63, 3.8) is 0 Å². The van der Waals surface area contributed by atoms with Gasteiger partial charge in [-0.15, -0.1) is 0 Å². The highest BCUT2D eigenvalue weighted by molar-refractivity contribution is 6.30. The van der Waals surface area contributed by atoms with Crippen LogP contribution in [0.1, 0.15) is 44.2 Å². The van der Waals surface area contributed by atoms with Crippen LogP contribution in [0.3, 0.4) is 0 Å². The number of fused-ring (bicyclic) bond motifs is 1. The first-order chi connectivity index (χ1) is 19.2. The minimum atomic E-state index is -1.20. The molecule has 210 valence electrons. The number of likely N-dealkylation sites (tertiary alicyclic amines) is 1. The van der Waals surface area contributed by atoms with E-state index in [4.69, 9.17) is 16.3 Å². The highest BCUT2D eigenvalue weighted by atomic mass is 35.5. The maximum absolute atomic E-state index is 14.2. The van der Waals surface area contributed by atoms with Gasteiger partial charge < -0.3 is 20.3 Å². The molecule has 2 aromatic rings. The number of hydrogen-bond acceptors (Lipinski definition) is 4. The van der Waals surface area contributed by atoms with Crippen molar-refractivity contribution in [1.82, 2.24) is 10.2 Å². The molecule has 4 aliphatic rings. The maximum atomic E-state index is 14.2. The van der Waals surface area contributed by atoms with Crippen LogP contribution in [-0.2, 0) is 25.7 Å². The van der Waals surface area contributed by atoms with Crippen LogP contribution in [-0.4, -0.2) is 46.4 Å². The Morgan fingerprint density at radius 1 is 1.10 bits per heavy atom. The van der Waals surface area contributed by atoms with Gasteiger partial charge in [-0.3, -0.25) is 14.4 Å². The molecule has 0 radical (unpaired) electrons. The lowest BCUT2D eigenvalue weighted by molar-refractivity contribution is -0.142. The van der Waals surface area contributed by atoms with Gasteiger partial charge in [-0.1, -0.05) is 74.7 Å². The molecular weight excluding hydrogens is 526 g/mol. The molecule has 0 aromatic heterocycles. The highest BCUT2D eigenvalue weighted by Gasteiger charge is 2.72. The van der Waals surface area contributed by atoms with Crippen molar-refractivity contribution < 1.29 is 19.1 Å². The normalized spacial score (nSPS) is 34.1. The smallest absolute Gasteiger partial charge is 0.246 e. The van der Waals surface area contributed by atoms with Crippen molar-refractivity contribution in [3.05, 3.63) is 76.8 Å². The van der Waals surface area contributed by atoms with E-state index >= 15 is 0 Å². The Kier molecular flexibility index (Phi) is 6.99. The van der Waals surface area contributed by atoms with E-state index in [1.165, 1.54) is 0 Å². The molecule has 8 atom stereocenters. The van der Waals surface area contributed by atoms with Crippen molar-refractivity contribution in [3.8, 4) is 0 Å². The molecule has 1 saturated carbocycles. The maximum Gasteiger partial charge on any atom is 0.246 e. The number of aryl methyl sites for hydroxylation is 1. The topological polar surface area (TPSA) is 87.7 Å². The Hall–Kier alpha value is -3.16. The van der Waals surface area contributed by atoms with E-state index in [9.17, 15) is 14.4 Å². The molecule has 2 bridgehead atoms. The molecule has 3 aliphatic heterocycles. The molecule has 3 amide bonds. The lowest BCUT2D eigenvalue weighted by Crippen LogP contribution is -2.57. The summed E-state index contributed by atoms with van der Waals surface area (Å²) in [6.07, 6.45) is 6.25. The molecule has 2 aromatic carbocycles. The molecule has 40 heavy (non-hydrogen) atoms. The van der Waals surface area contributed by atoms with E-state index in [0.29, 0.717) is 22.5 Å². The van der Waals surface area contributed by atoms with Gasteiger partial charge in [0.2, 0.25) is 17.7 Å². The molecule has 6 rings (SSSR count). The van der Waals surface area contributed by atoms with Crippen LogP contribution in [0.15, 0.2) is 60.7 Å². The monoisotopic (exact) mass is 561 g/mol. The van der Waals surface area contributed by atoms with Crippen molar-refractivity contribution in [2.24, 2.45) is 23.7 Å². The Bertz CT molecular complexity index is 1360. The van der Waals surface area contributed by atoms with Crippen LogP contribution in [0, 0.1) is 30.6 Å². The van der Waals surface area contributed by atoms with E-state index in [-0.39, 0.29) is 30.3 Å². The SMILES string of the molecule is Cc1cccc(NC(=O)C2C3C=CC4(O3)C2C(=O)N(Cc2ccc(Cl)cc2)C4C(=O)NC2CCCC(C)C2C)c1. The molecular formula is C32H36ClN3O4. The van der Waals surface area contributed by atoms with Crippen LogP contribution in [0.2, 0.25) is 5.02 Å². The molecule has 8 heteroatoms. The Balaban J connectivity index is 1.33. The van der Waals surface area contributed by atoms with Crippen molar-refractivity contribution in [1.29, 1.82) is 0 Å². The second kappa shape index (κ2) is 10.3. The average Bonchev–Trinajstić information content (AvgIpc) is 3.55. The van der Waals surface area contributed by atoms with E-state index in [2.05, 4.69) is 24.5 Å². The molecule has 7 nitrogen and oxygen atoms in total. The number of rotatable bonds is 6. The van der Waals surface area contributed by atoms with Gasteiger partial charge in [-0.05, 0) is 60.6 Å². The summed E-state index contributed by atoms with van der Waals surface area (Å²) in [7, 11) is 0. The van der Waals surface area contributed by atoms with Gasteiger partial charge in [-0.2, -0.15) is 0 Å². The van der Waals surface area contributed by atoms with Gasteiger partial charge in [0.1, 0.15) is 11.6 Å². The van der Waals surface area contributed by atoms with Gasteiger partial charge in [0.25, 0.3) is 0 Å². The minimum Gasteiger partial charge on any atom is -0.359 e. The summed E-state index contributed by atoms with van der Waals surface area (Å²) in [4.78, 5) is 43.6. The van der Waals surface area contributed by atoms with E-state index in [1.54, 1.807) is 17.0 Å². The number of nitrogens with zero attached hydrogens (tertiary/aromatic N) is 1. The quantitative estimate of drug-likeness (QED) is 0.492. The first-order valence-electron chi connectivity index (χ1n) is 14.3. The summed E-state index contributed by atoms with van der Waals surface area (Å²) in [6.45, 7) is 6.59. The summed E-state index contributed by atoms with van der Waals surface area (Å²) in [5, 5.41) is 6.89. The first-order valence-corrected chi connectivity index (χ1v) is 14.7. The number of ether oxygens (including phenoxy) is 1. The first kappa shape index (κ1) is 27.0. The third-order valence-corrected chi connectivity index (χ3v) is 9.76. The number of carbonyl (C=O) groups is 3. The summed E-state index contributed by atoms with van der Waals surface area (Å²) < 4.78 is 6.49. The minimum absolute atomic E-state index is 0.0298. The fraction of sp³-hybridized carbons (Fsp3) is 0.469. The predicted octanol–water partition coefficient (Wildman–Crippen LogP) is 4.88. The van der Waals surface area contributed by atoms with Crippen LogP contribution < -0.4 is 10.6 Å². The summed E-state index contributed by atoms with van der Waals surface area (Å²) >= 11 is 6.11. The number of benzene rings is 2. The van der Waals surface area contributed by atoms with Crippen LogP contribution in [0.5, 0.6) is 0 Å². The predicted molar refractivity (Wildman–Crippen MR) is 153 cm³/mol. The molecule has 1 aliphatic carbocycles. The summed E-state index contributed by atoms with van der Waals surface area (Å²) in [5.74, 6) is -1.43. The van der Waals surface area contributed by atoms with Gasteiger partial charge in [0.05, 0.1) is 17.9 Å². The van der Waals surface area contributed by atoms with Gasteiger partial charge in [0.15, 0.2) is 0 Å². The number of amides is 3. The lowest BCUT2D eigenvalue weighted by atomic mass is 9.73. The van der Waals surface area contributed by atoms with Gasteiger partial charge in [0, 0.05) is 23.3 Å². The standard InChI is InChI=1S/C32H36ClN3O4/c1-18-6-4-8-23(16-18)34-29(37)26-25-14-15-32(40-25)27(26)31(39)36(17-21-10-12-22(33)13-11-21)28(32)30(38)35-24-9-5-7-19(2)20(24)3/h4,6,8,10-16,19-20,24-28H,5,7,9,17H2,1-3H3,(H,34,37)(H,35,38). The number of hydrogen-bond donors (Lipinski definition) is 2. The third kappa shape index (κ3) is 4.53. The molecule has 3 fully saturated rings. The van der Waals surface area contributed by atoms with E-state index < -0.39 is 29.6 Å². The second-order valence-corrected chi connectivity index (χ2v) is 12.5. The van der Waals surface area contributed by atoms with Crippen LogP contribution in [0.4, 0.5) is 5.69 Å². The Morgan fingerprint density at radius 3 is 2.62 bits per heavy atom. The zero-order valence-electron chi connectivity index (χ0n) is 23.1. The van der Waals surface area contributed by atoms with Crippen LogP contribution in [0.25, 0.3) is 0 Å². The zero-order chi connectivity index (χ0) is 28.2. The fourth-order valence-corrected chi connectivity index (χ4v) is 7.35. The van der Waals surface area contributed by atoms with Crippen molar-refractivity contribution >= 4 is 35.0 Å². The van der Waals surface area contributed by atoms with Gasteiger partial charge in [-0.25, -0.2) is 0 Å². The van der Waals surface area contributed by atoms with Crippen molar-refractivity contribution in [2.75, 3.05) is 5.32 Å². The van der Waals surface area contributed by atoms with E-state index in [0.717, 1.165) is 30.4 Å². The average molecular weight is 562 g/mol. The Labute approximate surface area is 240 Å². The second-order valence-electron chi connectivity index (χ2n) is 12.0. The molecule has 2 N–H and O–H groups in total. The zero-order valence-corrected chi connectivity index (χ0v) is 23.9. The largest absolute Gasteiger partial charge is 0.359 e. The van der Waals surface area contributed by atoms with Crippen LogP contribution >= 0.6 is 11.6 Å². The third-order valence-electron chi connectivity index (χ3n) is 9.51. The summed E-state index contributed by atoms with van der Waals surface area (Å²) in [6, 6.07) is 14.0. The highest BCUT2D eigenvalue weighted by Crippen LogP contribution is 2.55. The number of carbonyl (C=O) groups excluding carboxylic acids is 3. The van der Waals surface area contributed by atoms with Crippen molar-refractivity contribution in [2.45, 2.75) is 70.4 Å². The number of nitrogens with one attached hydrogen (secondary N) is 2. The molecule has 8 unspecified atom stereocenters. The molecule has 3 heterocycles. The van der Waals surface area contributed by atoms with Gasteiger partial charge >= 0.3 is 0 Å². The summed E-state index contributed by atoms with van der Waals surface area (Å²) in [5.41, 5.74) is 1.35. The van der Waals surface area contributed by atoms with E-state index in [1.807, 2.05) is 55.5 Å². The molecule has 1 spiro atoms.